The molecule has 26 heavy (non-hydrogen) atoms. The number of nitrogens with one attached hydrogen (secondary N) is 1. The number of methoxy groups -OCH3 is 1. The second-order valence-corrected chi connectivity index (χ2v) is 6.00. The number of hydrogen-bond acceptors (Lipinski definition) is 4. The van der Waals surface area contributed by atoms with Gasteiger partial charge in [-0.25, -0.2) is 0 Å². The maximum absolute atomic E-state index is 12.4. The number of amides is 1. The minimum absolute atomic E-state index is 0.189. The van der Waals surface area contributed by atoms with Gasteiger partial charge in [-0.15, -0.1) is 0 Å². The highest BCUT2D eigenvalue weighted by Crippen LogP contribution is 2.28. The minimum atomic E-state index is -0.676. The Hall–Kier alpha value is -3.00. The smallest absolute Gasteiger partial charge is 0.260 e. The molecule has 2 aromatic carbocycles. The van der Waals surface area contributed by atoms with Gasteiger partial charge in [-0.3, -0.25) is 4.79 Å². The molecule has 2 aromatic rings. The van der Waals surface area contributed by atoms with E-state index in [1.54, 1.807) is 25.1 Å². The number of ether oxygens (including phenoxy) is 2. The van der Waals surface area contributed by atoms with Crippen LogP contribution in [-0.4, -0.2) is 25.7 Å². The number of nitrogens with zero attached hydrogens (tertiary/aromatic N) is 1. The largest absolute Gasteiger partial charge is 0.493 e. The average Bonchev–Trinajstić information content (AvgIpc) is 2.69. The summed E-state index contributed by atoms with van der Waals surface area (Å²) in [6.45, 7) is 4.35. The zero-order valence-electron chi connectivity index (χ0n) is 15.4. The van der Waals surface area contributed by atoms with Crippen LogP contribution in [0.25, 0.3) is 0 Å². The number of benzene rings is 2. The first-order valence-electron chi connectivity index (χ1n) is 8.66. The van der Waals surface area contributed by atoms with Crippen molar-refractivity contribution in [2.24, 2.45) is 0 Å². The van der Waals surface area contributed by atoms with Gasteiger partial charge in [0.25, 0.3) is 5.91 Å². The van der Waals surface area contributed by atoms with E-state index in [1.807, 2.05) is 24.3 Å². The Bertz CT molecular complexity index is 769. The number of rotatable bonds is 8. The van der Waals surface area contributed by atoms with Crippen LogP contribution in [-0.2, 0) is 4.79 Å². The molecule has 136 valence electrons. The summed E-state index contributed by atoms with van der Waals surface area (Å²) < 4.78 is 11.0. The van der Waals surface area contributed by atoms with Crippen molar-refractivity contribution >= 4 is 5.91 Å². The lowest BCUT2D eigenvalue weighted by Crippen LogP contribution is -2.38. The Morgan fingerprint density at radius 2 is 1.92 bits per heavy atom. The van der Waals surface area contributed by atoms with Crippen LogP contribution in [0.15, 0.2) is 48.5 Å². The summed E-state index contributed by atoms with van der Waals surface area (Å²) in [4.78, 5) is 12.4. The molecule has 0 saturated heterocycles. The standard InChI is InChI=1S/C21H24N2O3/c1-4-17(18-8-6-5-7-9-18)14-23-21(24)15(2)26-19-11-10-16(13-22)12-20(19)25-3/h5-12,15,17H,4,14H2,1-3H3,(H,23,24)/t15-,17-/m1/s1. The van der Waals surface area contributed by atoms with Crippen molar-refractivity contribution in [1.82, 2.24) is 5.32 Å². The van der Waals surface area contributed by atoms with Crippen molar-refractivity contribution in [2.45, 2.75) is 32.3 Å². The lowest BCUT2D eigenvalue weighted by Gasteiger charge is -2.20. The van der Waals surface area contributed by atoms with E-state index in [4.69, 9.17) is 14.7 Å². The van der Waals surface area contributed by atoms with Crippen LogP contribution in [0, 0.1) is 11.3 Å². The van der Waals surface area contributed by atoms with Crippen molar-refractivity contribution in [2.75, 3.05) is 13.7 Å². The van der Waals surface area contributed by atoms with Gasteiger partial charge in [-0.05, 0) is 31.0 Å². The Morgan fingerprint density at radius 3 is 2.54 bits per heavy atom. The fourth-order valence-electron chi connectivity index (χ4n) is 2.67. The second kappa shape index (κ2) is 9.47. The fourth-order valence-corrected chi connectivity index (χ4v) is 2.67. The molecule has 0 radical (unpaired) electrons. The molecule has 0 aromatic heterocycles. The summed E-state index contributed by atoms with van der Waals surface area (Å²) >= 11 is 0. The van der Waals surface area contributed by atoms with Crippen molar-refractivity contribution < 1.29 is 14.3 Å². The summed E-state index contributed by atoms with van der Waals surface area (Å²) in [7, 11) is 1.50. The normalized spacial score (nSPS) is 12.5. The summed E-state index contributed by atoms with van der Waals surface area (Å²) in [5, 5.41) is 11.9. The van der Waals surface area contributed by atoms with Crippen LogP contribution in [0.3, 0.4) is 0 Å². The van der Waals surface area contributed by atoms with E-state index in [1.165, 1.54) is 12.7 Å². The van der Waals surface area contributed by atoms with Crippen molar-refractivity contribution in [3.63, 3.8) is 0 Å². The summed E-state index contributed by atoms with van der Waals surface area (Å²) in [6, 6.07) is 17.0. The third-order valence-corrected chi connectivity index (χ3v) is 4.25. The fraction of sp³-hybridized carbons (Fsp3) is 0.333. The number of carbonyl (C=O) groups is 1. The van der Waals surface area contributed by atoms with Gasteiger partial charge in [0, 0.05) is 18.5 Å². The molecular formula is C21H24N2O3. The first-order valence-corrected chi connectivity index (χ1v) is 8.66. The molecule has 0 aliphatic rings. The SMILES string of the molecule is CC[C@H](CNC(=O)[C@@H](C)Oc1ccc(C#N)cc1OC)c1ccccc1. The molecule has 0 aliphatic carbocycles. The number of nitriles is 1. The predicted octanol–water partition coefficient (Wildman–Crippen LogP) is 3.64. The van der Waals surface area contributed by atoms with Gasteiger partial charge in [-0.1, -0.05) is 37.3 Å². The van der Waals surface area contributed by atoms with Gasteiger partial charge in [-0.2, -0.15) is 5.26 Å². The van der Waals surface area contributed by atoms with Gasteiger partial charge < -0.3 is 14.8 Å². The van der Waals surface area contributed by atoms with Crippen molar-refractivity contribution in [3.8, 4) is 17.6 Å². The molecule has 0 bridgehead atoms. The quantitative estimate of drug-likeness (QED) is 0.787. The molecule has 0 heterocycles. The highest BCUT2D eigenvalue weighted by molar-refractivity contribution is 5.80. The van der Waals surface area contributed by atoms with Crippen molar-refractivity contribution in [1.29, 1.82) is 5.26 Å². The highest BCUT2D eigenvalue weighted by atomic mass is 16.5. The van der Waals surface area contributed by atoms with Gasteiger partial charge in [0.1, 0.15) is 0 Å². The third-order valence-electron chi connectivity index (χ3n) is 4.25. The highest BCUT2D eigenvalue weighted by Gasteiger charge is 2.18. The molecule has 2 rings (SSSR count). The number of carbonyl (C=O) groups excluding carboxylic acids is 1. The molecule has 5 nitrogen and oxygen atoms in total. The van der Waals surface area contributed by atoms with E-state index in [2.05, 4.69) is 24.4 Å². The average molecular weight is 352 g/mol. The zero-order chi connectivity index (χ0) is 18.9. The molecule has 0 unspecified atom stereocenters. The molecule has 1 amide bonds. The molecule has 5 heteroatoms. The molecule has 1 N–H and O–H groups in total. The van der Waals surface area contributed by atoms with E-state index in [0.29, 0.717) is 23.6 Å². The van der Waals surface area contributed by atoms with Crippen molar-refractivity contribution in [3.05, 3.63) is 59.7 Å². The van der Waals surface area contributed by atoms with E-state index < -0.39 is 6.10 Å². The molecule has 0 saturated carbocycles. The molecule has 0 aliphatic heterocycles. The lowest BCUT2D eigenvalue weighted by atomic mass is 9.96. The molecule has 0 spiro atoms. The lowest BCUT2D eigenvalue weighted by molar-refractivity contribution is -0.127. The Labute approximate surface area is 154 Å². The summed E-state index contributed by atoms with van der Waals surface area (Å²) in [5.74, 6) is 0.936. The van der Waals surface area contributed by atoms with Crippen LogP contribution < -0.4 is 14.8 Å². The van der Waals surface area contributed by atoms with Gasteiger partial charge in [0.2, 0.25) is 0 Å². The van der Waals surface area contributed by atoms with Crippen LogP contribution >= 0.6 is 0 Å². The first-order chi connectivity index (χ1) is 12.6. The van der Waals surface area contributed by atoms with E-state index in [9.17, 15) is 4.79 Å². The van der Waals surface area contributed by atoms with Crippen LogP contribution in [0.1, 0.15) is 37.3 Å². The Balaban J connectivity index is 1.96. The zero-order valence-corrected chi connectivity index (χ0v) is 15.4. The van der Waals surface area contributed by atoms with E-state index in [-0.39, 0.29) is 11.8 Å². The maximum atomic E-state index is 12.4. The minimum Gasteiger partial charge on any atom is -0.493 e. The summed E-state index contributed by atoms with van der Waals surface area (Å²) in [5.41, 5.74) is 1.68. The van der Waals surface area contributed by atoms with Gasteiger partial charge in [0.15, 0.2) is 17.6 Å². The summed E-state index contributed by atoms with van der Waals surface area (Å²) in [6.07, 6.45) is 0.258. The molecule has 2 atom stereocenters. The number of hydrogen-bond donors (Lipinski definition) is 1. The van der Waals surface area contributed by atoms with Crippen LogP contribution in [0.4, 0.5) is 0 Å². The van der Waals surface area contributed by atoms with E-state index >= 15 is 0 Å². The topological polar surface area (TPSA) is 71.3 Å². The molecule has 0 fully saturated rings. The van der Waals surface area contributed by atoms with E-state index in [0.717, 1.165) is 6.42 Å². The first kappa shape index (κ1) is 19.3. The maximum Gasteiger partial charge on any atom is 0.260 e. The van der Waals surface area contributed by atoms with Gasteiger partial charge >= 0.3 is 0 Å². The second-order valence-electron chi connectivity index (χ2n) is 6.00. The van der Waals surface area contributed by atoms with Crippen LogP contribution in [0.2, 0.25) is 0 Å². The monoisotopic (exact) mass is 352 g/mol. The third kappa shape index (κ3) is 5.00. The molecular weight excluding hydrogens is 328 g/mol. The Kier molecular flexibility index (Phi) is 7.04. The van der Waals surface area contributed by atoms with Crippen LogP contribution in [0.5, 0.6) is 11.5 Å². The van der Waals surface area contributed by atoms with Gasteiger partial charge in [0.05, 0.1) is 18.7 Å². The Morgan fingerprint density at radius 1 is 1.19 bits per heavy atom. The predicted molar refractivity (Wildman–Crippen MR) is 100 cm³/mol.